The highest BCUT2D eigenvalue weighted by molar-refractivity contribution is 5.98. The van der Waals surface area contributed by atoms with Gasteiger partial charge < -0.3 is 19.9 Å². The predicted octanol–water partition coefficient (Wildman–Crippen LogP) is 2.89. The number of hydrogen-bond donors (Lipinski definition) is 2. The normalized spacial score (nSPS) is 11.5. The number of phenolic OH excluding ortho intramolecular Hbond substituents is 1. The highest BCUT2D eigenvalue weighted by atomic mass is 16.5. The van der Waals surface area contributed by atoms with E-state index in [4.69, 9.17) is 9.47 Å². The summed E-state index contributed by atoms with van der Waals surface area (Å²) in [4.78, 5) is 24.2. The molecule has 0 aliphatic heterocycles. The minimum absolute atomic E-state index is 0.0654. The molecule has 1 atom stereocenters. The number of benzene rings is 2. The lowest BCUT2D eigenvalue weighted by molar-refractivity contribution is -0.123. The van der Waals surface area contributed by atoms with Crippen LogP contribution in [0.1, 0.15) is 22.8 Å². The van der Waals surface area contributed by atoms with Crippen molar-refractivity contribution in [2.75, 3.05) is 12.4 Å². The molecule has 24 heavy (non-hydrogen) atoms. The largest absolute Gasteiger partial charge is 0.507 e. The molecule has 126 valence electrons. The fourth-order valence-electron chi connectivity index (χ4n) is 1.96. The summed E-state index contributed by atoms with van der Waals surface area (Å²) >= 11 is 0. The average molecular weight is 329 g/mol. The van der Waals surface area contributed by atoms with Gasteiger partial charge in [0.25, 0.3) is 5.91 Å². The van der Waals surface area contributed by atoms with Gasteiger partial charge in [0.15, 0.2) is 6.10 Å². The van der Waals surface area contributed by atoms with Gasteiger partial charge in [-0.15, -0.1) is 0 Å². The van der Waals surface area contributed by atoms with Gasteiger partial charge in [-0.3, -0.25) is 4.79 Å². The van der Waals surface area contributed by atoms with Gasteiger partial charge >= 0.3 is 5.97 Å². The SMILES string of the molecule is COc1ccc(O)c(C(=O)O[C@H](C)C(=O)Nc2ccc(C)cc2)c1. The van der Waals surface area contributed by atoms with Crippen LogP contribution >= 0.6 is 0 Å². The van der Waals surface area contributed by atoms with Gasteiger partial charge in [0.1, 0.15) is 17.1 Å². The zero-order chi connectivity index (χ0) is 17.7. The first-order valence-electron chi connectivity index (χ1n) is 7.36. The Morgan fingerprint density at radius 2 is 1.79 bits per heavy atom. The van der Waals surface area contributed by atoms with Crippen molar-refractivity contribution in [3.05, 3.63) is 53.6 Å². The van der Waals surface area contributed by atoms with E-state index in [-0.39, 0.29) is 11.3 Å². The molecule has 0 spiro atoms. The molecule has 0 aliphatic carbocycles. The monoisotopic (exact) mass is 329 g/mol. The number of anilines is 1. The Morgan fingerprint density at radius 3 is 2.42 bits per heavy atom. The summed E-state index contributed by atoms with van der Waals surface area (Å²) in [5.41, 5.74) is 1.61. The highest BCUT2D eigenvalue weighted by Gasteiger charge is 2.21. The molecule has 0 bridgehead atoms. The maximum absolute atomic E-state index is 12.1. The van der Waals surface area contributed by atoms with Crippen LogP contribution in [0.3, 0.4) is 0 Å². The van der Waals surface area contributed by atoms with Gasteiger partial charge in [-0.2, -0.15) is 0 Å². The molecule has 2 N–H and O–H groups in total. The molecule has 2 rings (SSSR count). The highest BCUT2D eigenvalue weighted by Crippen LogP contribution is 2.24. The topological polar surface area (TPSA) is 84.9 Å². The molecule has 0 fully saturated rings. The second kappa shape index (κ2) is 7.50. The van der Waals surface area contributed by atoms with E-state index in [2.05, 4.69) is 5.32 Å². The van der Waals surface area contributed by atoms with Crippen molar-refractivity contribution >= 4 is 17.6 Å². The second-order valence-electron chi connectivity index (χ2n) is 5.29. The molecule has 0 unspecified atom stereocenters. The Kier molecular flexibility index (Phi) is 5.42. The number of nitrogens with one attached hydrogen (secondary N) is 1. The zero-order valence-corrected chi connectivity index (χ0v) is 13.7. The van der Waals surface area contributed by atoms with E-state index in [9.17, 15) is 14.7 Å². The van der Waals surface area contributed by atoms with Gasteiger partial charge in [-0.1, -0.05) is 17.7 Å². The standard InChI is InChI=1S/C18H19NO5/c1-11-4-6-13(7-5-11)19-17(21)12(2)24-18(22)15-10-14(23-3)8-9-16(15)20/h4-10,12,20H,1-3H3,(H,19,21)/t12-/m1/s1. The first-order valence-corrected chi connectivity index (χ1v) is 7.36. The smallest absolute Gasteiger partial charge is 0.342 e. The fourth-order valence-corrected chi connectivity index (χ4v) is 1.96. The molecule has 6 heteroatoms. The fraction of sp³-hybridized carbons (Fsp3) is 0.222. The molecule has 0 aromatic heterocycles. The number of rotatable bonds is 5. The van der Waals surface area contributed by atoms with Crippen LogP contribution in [0.2, 0.25) is 0 Å². The third-order valence-electron chi connectivity index (χ3n) is 3.40. The van der Waals surface area contributed by atoms with Crippen LogP contribution in [0.5, 0.6) is 11.5 Å². The summed E-state index contributed by atoms with van der Waals surface area (Å²) in [5.74, 6) is -1.11. The van der Waals surface area contributed by atoms with Gasteiger partial charge in [0.05, 0.1) is 7.11 Å². The van der Waals surface area contributed by atoms with Crippen molar-refractivity contribution in [1.29, 1.82) is 0 Å². The van der Waals surface area contributed by atoms with E-state index in [0.29, 0.717) is 11.4 Å². The number of ether oxygens (including phenoxy) is 2. The molecule has 6 nitrogen and oxygen atoms in total. The van der Waals surface area contributed by atoms with Crippen molar-refractivity contribution in [3.63, 3.8) is 0 Å². The van der Waals surface area contributed by atoms with Crippen LogP contribution in [0.15, 0.2) is 42.5 Å². The Balaban J connectivity index is 2.02. The molecule has 1 amide bonds. The second-order valence-corrected chi connectivity index (χ2v) is 5.29. The number of hydrogen-bond acceptors (Lipinski definition) is 5. The van der Waals surface area contributed by atoms with Crippen molar-refractivity contribution in [2.45, 2.75) is 20.0 Å². The average Bonchev–Trinajstić information content (AvgIpc) is 2.57. The summed E-state index contributed by atoms with van der Waals surface area (Å²) in [7, 11) is 1.44. The van der Waals surface area contributed by atoms with Gasteiger partial charge in [-0.25, -0.2) is 4.79 Å². The molecule has 2 aromatic carbocycles. The predicted molar refractivity (Wildman–Crippen MR) is 89.3 cm³/mol. The third kappa shape index (κ3) is 4.25. The number of amides is 1. The van der Waals surface area contributed by atoms with E-state index in [1.165, 1.54) is 32.2 Å². The summed E-state index contributed by atoms with van der Waals surface area (Å²) < 4.78 is 10.1. The molecule has 0 saturated carbocycles. The molecule has 0 radical (unpaired) electrons. The summed E-state index contributed by atoms with van der Waals surface area (Å²) in [6.07, 6.45) is -1.02. The Labute approximate surface area is 140 Å². The van der Waals surface area contributed by atoms with Crippen molar-refractivity contribution in [2.24, 2.45) is 0 Å². The zero-order valence-electron chi connectivity index (χ0n) is 13.7. The quantitative estimate of drug-likeness (QED) is 0.824. The van der Waals surface area contributed by atoms with Crippen molar-refractivity contribution in [1.82, 2.24) is 0 Å². The van der Waals surface area contributed by atoms with Crippen LogP contribution in [-0.4, -0.2) is 30.2 Å². The first-order chi connectivity index (χ1) is 11.4. The van der Waals surface area contributed by atoms with Crippen LogP contribution < -0.4 is 10.1 Å². The molecule has 0 saturated heterocycles. The third-order valence-corrected chi connectivity index (χ3v) is 3.40. The first kappa shape index (κ1) is 17.3. The summed E-state index contributed by atoms with van der Waals surface area (Å²) in [6.45, 7) is 3.40. The Morgan fingerprint density at radius 1 is 1.12 bits per heavy atom. The lowest BCUT2D eigenvalue weighted by Gasteiger charge is -2.14. The number of aromatic hydroxyl groups is 1. The number of esters is 1. The maximum Gasteiger partial charge on any atom is 0.342 e. The van der Waals surface area contributed by atoms with Crippen LogP contribution in [0.4, 0.5) is 5.69 Å². The minimum Gasteiger partial charge on any atom is -0.507 e. The van der Waals surface area contributed by atoms with E-state index in [1.807, 2.05) is 19.1 Å². The van der Waals surface area contributed by atoms with E-state index < -0.39 is 18.0 Å². The van der Waals surface area contributed by atoms with Crippen LogP contribution in [0, 0.1) is 6.92 Å². The molecule has 0 aliphatic rings. The summed E-state index contributed by atoms with van der Waals surface area (Å²) in [6, 6.07) is 11.4. The Bertz CT molecular complexity index is 740. The molecular formula is C18H19NO5. The lowest BCUT2D eigenvalue weighted by Crippen LogP contribution is -2.30. The van der Waals surface area contributed by atoms with E-state index in [0.717, 1.165) is 5.56 Å². The van der Waals surface area contributed by atoms with Gasteiger partial charge in [0, 0.05) is 5.69 Å². The number of carbonyl (C=O) groups excluding carboxylic acids is 2. The van der Waals surface area contributed by atoms with Crippen molar-refractivity contribution in [3.8, 4) is 11.5 Å². The van der Waals surface area contributed by atoms with E-state index in [1.54, 1.807) is 12.1 Å². The van der Waals surface area contributed by atoms with Crippen LogP contribution in [-0.2, 0) is 9.53 Å². The van der Waals surface area contributed by atoms with Crippen molar-refractivity contribution < 1.29 is 24.2 Å². The lowest BCUT2D eigenvalue weighted by atomic mass is 10.2. The molecule has 0 heterocycles. The van der Waals surface area contributed by atoms with Gasteiger partial charge in [0.2, 0.25) is 0 Å². The van der Waals surface area contributed by atoms with Crippen LogP contribution in [0.25, 0.3) is 0 Å². The Hall–Kier alpha value is -3.02. The number of aryl methyl sites for hydroxylation is 1. The number of carbonyl (C=O) groups is 2. The summed E-state index contributed by atoms with van der Waals surface area (Å²) in [5, 5.41) is 12.4. The molecule has 2 aromatic rings. The molecular weight excluding hydrogens is 310 g/mol. The van der Waals surface area contributed by atoms with E-state index >= 15 is 0 Å². The number of phenols is 1. The maximum atomic E-state index is 12.1. The minimum atomic E-state index is -1.02. The van der Waals surface area contributed by atoms with Gasteiger partial charge in [-0.05, 0) is 44.2 Å². The number of methoxy groups -OCH3 is 1.